The van der Waals surface area contributed by atoms with Gasteiger partial charge in [0.2, 0.25) is 0 Å². The minimum absolute atomic E-state index is 1.23. The van der Waals surface area contributed by atoms with Gasteiger partial charge < -0.3 is 0 Å². The van der Waals surface area contributed by atoms with E-state index in [0.29, 0.717) is 0 Å². The van der Waals surface area contributed by atoms with E-state index in [1.807, 2.05) is 0 Å². The van der Waals surface area contributed by atoms with Gasteiger partial charge in [0.15, 0.2) is 0 Å². The largest absolute Gasteiger partial charge is 0.0622 e. The van der Waals surface area contributed by atoms with Crippen LogP contribution in [0, 0.1) is 0 Å². The molecule has 222 valence electrons. The van der Waals surface area contributed by atoms with Gasteiger partial charge in [-0.3, -0.25) is 0 Å². The standard InChI is InChI=1S/C48H30/c1-3-13-31(14-4-1)38-26-25-33-17-9-10-22-37(33)46(38)42-28-27-39(47-40-23-11-20-34-21-12-24-41(45(34)40)48(42)47)44-30-36-19-8-7-18-35(36)29-43(44)32-15-5-2-6-16-32/h1-30H. The van der Waals surface area contributed by atoms with Gasteiger partial charge in [0.1, 0.15) is 0 Å². The summed E-state index contributed by atoms with van der Waals surface area (Å²) in [6.07, 6.45) is 0. The van der Waals surface area contributed by atoms with E-state index in [-0.39, 0.29) is 0 Å². The number of hydrogen-bond acceptors (Lipinski definition) is 0. The van der Waals surface area contributed by atoms with Gasteiger partial charge in [0, 0.05) is 0 Å². The highest BCUT2D eigenvalue weighted by molar-refractivity contribution is 6.23. The van der Waals surface area contributed by atoms with E-state index in [9.17, 15) is 0 Å². The Balaban J connectivity index is 1.36. The number of rotatable bonds is 4. The third kappa shape index (κ3) is 4.03. The molecule has 10 rings (SSSR count). The van der Waals surface area contributed by atoms with Crippen LogP contribution in [0.4, 0.5) is 0 Å². The van der Waals surface area contributed by atoms with Crippen LogP contribution in [0.15, 0.2) is 182 Å². The third-order valence-electron chi connectivity index (χ3n) is 10.2. The van der Waals surface area contributed by atoms with Gasteiger partial charge in [0.25, 0.3) is 0 Å². The zero-order valence-corrected chi connectivity index (χ0v) is 26.3. The second kappa shape index (κ2) is 10.7. The second-order valence-electron chi connectivity index (χ2n) is 12.8. The van der Waals surface area contributed by atoms with Gasteiger partial charge in [-0.05, 0) is 111 Å². The lowest BCUT2D eigenvalue weighted by molar-refractivity contribution is 1.58. The third-order valence-corrected chi connectivity index (χ3v) is 10.2. The average Bonchev–Trinajstić information content (AvgIpc) is 3.50. The molecule has 9 aromatic rings. The molecule has 0 saturated carbocycles. The maximum Gasteiger partial charge on any atom is -0.00134 e. The lowest BCUT2D eigenvalue weighted by atomic mass is 9.82. The highest BCUT2D eigenvalue weighted by atomic mass is 14.3. The Morgan fingerprint density at radius 1 is 0.229 bits per heavy atom. The van der Waals surface area contributed by atoms with Crippen molar-refractivity contribution in [2.75, 3.05) is 0 Å². The molecule has 0 fully saturated rings. The Morgan fingerprint density at radius 3 is 1.42 bits per heavy atom. The minimum atomic E-state index is 1.23. The molecule has 0 bridgehead atoms. The fraction of sp³-hybridized carbons (Fsp3) is 0. The van der Waals surface area contributed by atoms with Gasteiger partial charge >= 0.3 is 0 Å². The van der Waals surface area contributed by atoms with Gasteiger partial charge in [-0.15, -0.1) is 0 Å². The molecular formula is C48H30. The molecule has 48 heavy (non-hydrogen) atoms. The topological polar surface area (TPSA) is 0 Å². The summed E-state index contributed by atoms with van der Waals surface area (Å²) in [7, 11) is 0. The summed E-state index contributed by atoms with van der Waals surface area (Å²) in [5, 5.41) is 7.64. The first-order valence-electron chi connectivity index (χ1n) is 16.7. The van der Waals surface area contributed by atoms with E-state index in [4.69, 9.17) is 0 Å². The Bertz CT molecular complexity index is 2690. The number of fused-ring (bicyclic) bond motifs is 5. The molecule has 0 spiro atoms. The highest BCUT2D eigenvalue weighted by Gasteiger charge is 2.29. The molecule has 0 nitrogen and oxygen atoms in total. The van der Waals surface area contributed by atoms with Crippen molar-refractivity contribution >= 4 is 32.3 Å². The molecule has 0 heteroatoms. The Kier molecular flexibility index (Phi) is 5.98. The van der Waals surface area contributed by atoms with Crippen LogP contribution in [-0.4, -0.2) is 0 Å². The summed E-state index contributed by atoms with van der Waals surface area (Å²) >= 11 is 0. The predicted molar refractivity (Wildman–Crippen MR) is 205 cm³/mol. The zero-order chi connectivity index (χ0) is 31.6. The number of benzene rings is 9. The minimum Gasteiger partial charge on any atom is -0.0622 e. The lowest BCUT2D eigenvalue weighted by Gasteiger charge is -2.21. The summed E-state index contributed by atoms with van der Waals surface area (Å²) < 4.78 is 0. The van der Waals surface area contributed by atoms with Crippen molar-refractivity contribution in [1.29, 1.82) is 0 Å². The normalized spacial score (nSPS) is 11.8. The Labute approximate surface area is 280 Å². The van der Waals surface area contributed by atoms with Crippen LogP contribution >= 0.6 is 0 Å². The molecule has 9 aromatic carbocycles. The SMILES string of the molecule is c1ccc(-c2cc3ccccc3cc2-c2ccc(-c3c(-c4ccccc4)ccc4ccccc34)c3c2-c2cccc4cccc-3c24)cc1. The first kappa shape index (κ1) is 26.9. The van der Waals surface area contributed by atoms with Crippen LogP contribution in [0.3, 0.4) is 0 Å². The first-order valence-corrected chi connectivity index (χ1v) is 16.7. The van der Waals surface area contributed by atoms with Gasteiger partial charge in [-0.2, -0.15) is 0 Å². The smallest absolute Gasteiger partial charge is 0.00134 e. The van der Waals surface area contributed by atoms with E-state index in [0.717, 1.165) is 0 Å². The molecule has 0 saturated heterocycles. The zero-order valence-electron chi connectivity index (χ0n) is 26.3. The fourth-order valence-corrected chi connectivity index (χ4v) is 8.09. The Morgan fingerprint density at radius 2 is 0.729 bits per heavy atom. The number of hydrogen-bond donors (Lipinski definition) is 0. The van der Waals surface area contributed by atoms with Crippen molar-refractivity contribution in [2.24, 2.45) is 0 Å². The molecule has 0 aliphatic heterocycles. The second-order valence-corrected chi connectivity index (χ2v) is 12.8. The van der Waals surface area contributed by atoms with Crippen molar-refractivity contribution in [3.8, 4) is 66.8 Å². The van der Waals surface area contributed by atoms with Crippen LogP contribution in [-0.2, 0) is 0 Å². The summed E-state index contributed by atoms with van der Waals surface area (Å²) in [5.41, 5.74) is 15.3. The maximum atomic E-state index is 2.41. The van der Waals surface area contributed by atoms with Gasteiger partial charge in [-0.25, -0.2) is 0 Å². The van der Waals surface area contributed by atoms with E-state index in [2.05, 4.69) is 182 Å². The molecule has 0 N–H and O–H groups in total. The molecule has 0 aromatic heterocycles. The fourth-order valence-electron chi connectivity index (χ4n) is 8.09. The van der Waals surface area contributed by atoms with Crippen LogP contribution < -0.4 is 0 Å². The molecular weight excluding hydrogens is 577 g/mol. The highest BCUT2D eigenvalue weighted by Crippen LogP contribution is 2.57. The van der Waals surface area contributed by atoms with Gasteiger partial charge in [-0.1, -0.05) is 170 Å². The van der Waals surface area contributed by atoms with E-state index >= 15 is 0 Å². The van der Waals surface area contributed by atoms with Crippen molar-refractivity contribution in [2.45, 2.75) is 0 Å². The molecule has 0 heterocycles. The maximum absolute atomic E-state index is 2.41. The molecule has 0 unspecified atom stereocenters. The molecule has 1 aliphatic rings. The van der Waals surface area contributed by atoms with E-state index < -0.39 is 0 Å². The van der Waals surface area contributed by atoms with E-state index in [1.54, 1.807) is 0 Å². The quantitative estimate of drug-likeness (QED) is 0.187. The monoisotopic (exact) mass is 606 g/mol. The average molecular weight is 607 g/mol. The molecule has 0 amide bonds. The van der Waals surface area contributed by atoms with Crippen LogP contribution in [0.2, 0.25) is 0 Å². The summed E-state index contributed by atoms with van der Waals surface area (Å²) in [4.78, 5) is 0. The lowest BCUT2D eigenvalue weighted by Crippen LogP contribution is -1.94. The first-order chi connectivity index (χ1) is 23.8. The molecule has 0 atom stereocenters. The van der Waals surface area contributed by atoms with Crippen molar-refractivity contribution in [3.05, 3.63) is 182 Å². The van der Waals surface area contributed by atoms with Crippen LogP contribution in [0.1, 0.15) is 0 Å². The van der Waals surface area contributed by atoms with Crippen molar-refractivity contribution < 1.29 is 0 Å². The molecule has 1 aliphatic carbocycles. The van der Waals surface area contributed by atoms with Gasteiger partial charge in [0.05, 0.1) is 0 Å². The van der Waals surface area contributed by atoms with Crippen LogP contribution in [0.25, 0.3) is 99.1 Å². The summed E-state index contributed by atoms with van der Waals surface area (Å²) in [5.74, 6) is 0. The molecule has 0 radical (unpaired) electrons. The predicted octanol–water partition coefficient (Wildman–Crippen LogP) is 13.5. The van der Waals surface area contributed by atoms with Crippen molar-refractivity contribution in [3.63, 3.8) is 0 Å². The van der Waals surface area contributed by atoms with Crippen LogP contribution in [0.5, 0.6) is 0 Å². The van der Waals surface area contributed by atoms with E-state index in [1.165, 1.54) is 99.1 Å². The van der Waals surface area contributed by atoms with Crippen molar-refractivity contribution in [1.82, 2.24) is 0 Å². The summed E-state index contributed by atoms with van der Waals surface area (Å²) in [6, 6.07) is 67.1. The summed E-state index contributed by atoms with van der Waals surface area (Å²) in [6.45, 7) is 0. The Hall–Kier alpha value is -6.24.